The minimum Gasteiger partial charge on any atom is -0.497 e. The zero-order valence-corrected chi connectivity index (χ0v) is 17.1. The number of hydrogen-bond donors (Lipinski definition) is 2. The molecule has 0 fully saturated rings. The maximum atomic E-state index is 12.1. The lowest BCUT2D eigenvalue weighted by Gasteiger charge is -2.22. The minimum atomic E-state index is -0.896. The molecule has 0 radical (unpaired) electrons. The van der Waals surface area contributed by atoms with Gasteiger partial charge in [0.05, 0.1) is 20.3 Å². The smallest absolute Gasteiger partial charge is 0.191 e. The van der Waals surface area contributed by atoms with Crippen LogP contribution in [0.25, 0.3) is 0 Å². The topological polar surface area (TPSA) is 72.0 Å². The van der Waals surface area contributed by atoms with E-state index in [1.165, 1.54) is 0 Å². The van der Waals surface area contributed by atoms with Gasteiger partial charge in [-0.2, -0.15) is 0 Å². The van der Waals surface area contributed by atoms with Crippen LogP contribution in [-0.4, -0.2) is 48.5 Å². The van der Waals surface area contributed by atoms with Crippen molar-refractivity contribution in [3.63, 3.8) is 0 Å². The Morgan fingerprint density at radius 3 is 2.48 bits per heavy atom. The number of guanidine groups is 1. The second kappa shape index (κ2) is 9.65. The number of benzene rings is 1. The molecule has 0 saturated carbocycles. The van der Waals surface area contributed by atoms with E-state index in [-0.39, 0.29) is 10.8 Å². The van der Waals surface area contributed by atoms with E-state index >= 15 is 0 Å². The van der Waals surface area contributed by atoms with Gasteiger partial charge in [-0.1, -0.05) is 0 Å². The van der Waals surface area contributed by atoms with Crippen molar-refractivity contribution in [2.45, 2.75) is 38.5 Å². The molecule has 7 heteroatoms. The second-order valence-corrected chi connectivity index (χ2v) is 8.96. The van der Waals surface area contributed by atoms with Gasteiger partial charge in [0.25, 0.3) is 0 Å². The molecule has 142 valence electrons. The maximum Gasteiger partial charge on any atom is 0.191 e. The number of aliphatic imine (C=N–C) groups is 1. The lowest BCUT2D eigenvalue weighted by molar-refractivity contribution is 0.394. The Balaban J connectivity index is 2.71. The molecule has 2 atom stereocenters. The van der Waals surface area contributed by atoms with Gasteiger partial charge in [0.15, 0.2) is 5.96 Å². The number of ether oxygens (including phenoxy) is 2. The molecule has 0 aliphatic rings. The van der Waals surface area contributed by atoms with E-state index in [9.17, 15) is 4.21 Å². The highest BCUT2D eigenvalue weighted by Gasteiger charge is 2.19. The van der Waals surface area contributed by atoms with E-state index in [1.807, 2.05) is 45.9 Å². The first kappa shape index (κ1) is 21.3. The number of nitrogens with zero attached hydrogens (tertiary/aromatic N) is 1. The zero-order valence-electron chi connectivity index (χ0n) is 16.3. The van der Waals surface area contributed by atoms with Crippen LogP contribution in [0.15, 0.2) is 23.2 Å². The van der Waals surface area contributed by atoms with Gasteiger partial charge in [0, 0.05) is 40.5 Å². The number of rotatable bonds is 7. The quantitative estimate of drug-likeness (QED) is 0.571. The van der Waals surface area contributed by atoms with E-state index < -0.39 is 10.8 Å². The summed E-state index contributed by atoms with van der Waals surface area (Å²) in [6.07, 6.45) is 0. The molecule has 25 heavy (non-hydrogen) atoms. The summed E-state index contributed by atoms with van der Waals surface area (Å²) < 4.78 is 22.6. The molecule has 0 aliphatic carbocycles. The van der Waals surface area contributed by atoms with Crippen molar-refractivity contribution >= 4 is 16.8 Å². The Labute approximate surface area is 153 Å². The normalized spacial score (nSPS) is 14.6. The molecule has 0 aromatic heterocycles. The molecule has 0 bridgehead atoms. The molecule has 2 unspecified atom stereocenters. The first-order valence-corrected chi connectivity index (χ1v) is 9.62. The van der Waals surface area contributed by atoms with Gasteiger partial charge in [0.2, 0.25) is 0 Å². The van der Waals surface area contributed by atoms with E-state index in [2.05, 4.69) is 15.6 Å². The highest BCUT2D eigenvalue weighted by Crippen LogP contribution is 2.29. The average Bonchev–Trinajstić information content (AvgIpc) is 2.58. The van der Waals surface area contributed by atoms with Crippen LogP contribution >= 0.6 is 0 Å². The Kier molecular flexibility index (Phi) is 8.22. The first-order valence-electron chi connectivity index (χ1n) is 8.30. The van der Waals surface area contributed by atoms with Gasteiger partial charge in [-0.15, -0.1) is 0 Å². The van der Waals surface area contributed by atoms with Crippen LogP contribution in [0.4, 0.5) is 0 Å². The van der Waals surface area contributed by atoms with Crippen LogP contribution in [0.2, 0.25) is 0 Å². The van der Waals surface area contributed by atoms with Crippen LogP contribution in [0.1, 0.15) is 39.3 Å². The van der Waals surface area contributed by atoms with Crippen LogP contribution < -0.4 is 20.1 Å². The molecule has 1 aromatic carbocycles. The lowest BCUT2D eigenvalue weighted by Crippen LogP contribution is -2.41. The summed E-state index contributed by atoms with van der Waals surface area (Å²) in [4.78, 5) is 4.23. The van der Waals surface area contributed by atoms with Gasteiger partial charge < -0.3 is 20.1 Å². The fourth-order valence-corrected chi connectivity index (χ4v) is 3.12. The fraction of sp³-hybridized carbons (Fsp3) is 0.611. The standard InChI is InChI=1S/C18H31N3O3S/c1-13(15-12-14(23-6)8-9-16(15)24-7)21-17(19-5)20-10-11-25(22)18(2,3)4/h8-9,12-13H,10-11H2,1-7H3,(H2,19,20,21). The first-order chi connectivity index (χ1) is 11.7. The minimum absolute atomic E-state index is 0.0376. The monoisotopic (exact) mass is 369 g/mol. The van der Waals surface area contributed by atoms with Crippen molar-refractivity contribution in [2.75, 3.05) is 33.6 Å². The summed E-state index contributed by atoms with van der Waals surface area (Å²) in [5.41, 5.74) is 0.975. The third-order valence-corrected chi connectivity index (χ3v) is 5.68. The van der Waals surface area contributed by atoms with Crippen LogP contribution in [0, 0.1) is 0 Å². The third-order valence-electron chi connectivity index (χ3n) is 3.74. The summed E-state index contributed by atoms with van der Waals surface area (Å²) in [6, 6.07) is 5.65. The molecule has 0 heterocycles. The Morgan fingerprint density at radius 1 is 1.28 bits per heavy atom. The van der Waals surface area contributed by atoms with Crippen molar-refractivity contribution in [1.29, 1.82) is 0 Å². The van der Waals surface area contributed by atoms with Crippen molar-refractivity contribution < 1.29 is 13.7 Å². The summed E-state index contributed by atoms with van der Waals surface area (Å²) in [6.45, 7) is 8.55. The van der Waals surface area contributed by atoms with Gasteiger partial charge >= 0.3 is 0 Å². The molecule has 1 aromatic rings. The van der Waals surface area contributed by atoms with E-state index in [0.717, 1.165) is 17.1 Å². The van der Waals surface area contributed by atoms with Gasteiger partial charge in [-0.3, -0.25) is 9.20 Å². The molecule has 0 aliphatic heterocycles. The Hall–Kier alpha value is -1.76. The molecule has 0 spiro atoms. The highest BCUT2D eigenvalue weighted by molar-refractivity contribution is 7.86. The number of hydrogen-bond acceptors (Lipinski definition) is 4. The van der Waals surface area contributed by atoms with Crippen LogP contribution in [0.5, 0.6) is 11.5 Å². The van der Waals surface area contributed by atoms with Crippen molar-refractivity contribution in [2.24, 2.45) is 4.99 Å². The predicted molar refractivity (Wildman–Crippen MR) is 105 cm³/mol. The summed E-state index contributed by atoms with van der Waals surface area (Å²) in [7, 11) is 4.10. The van der Waals surface area contributed by atoms with E-state index in [0.29, 0.717) is 18.3 Å². The molecule has 1 rings (SSSR count). The van der Waals surface area contributed by atoms with Crippen molar-refractivity contribution in [3.05, 3.63) is 23.8 Å². The highest BCUT2D eigenvalue weighted by atomic mass is 32.2. The molecule has 0 saturated heterocycles. The van der Waals surface area contributed by atoms with Crippen LogP contribution in [-0.2, 0) is 10.8 Å². The van der Waals surface area contributed by atoms with Gasteiger partial charge in [0.1, 0.15) is 11.5 Å². The Morgan fingerprint density at radius 2 is 1.96 bits per heavy atom. The largest absolute Gasteiger partial charge is 0.497 e. The van der Waals surface area contributed by atoms with E-state index in [1.54, 1.807) is 21.3 Å². The van der Waals surface area contributed by atoms with Gasteiger partial charge in [-0.25, -0.2) is 0 Å². The number of nitrogens with one attached hydrogen (secondary N) is 2. The molecular formula is C18H31N3O3S. The van der Waals surface area contributed by atoms with Crippen LogP contribution in [0.3, 0.4) is 0 Å². The summed E-state index contributed by atoms with van der Waals surface area (Å²) in [5, 5.41) is 6.54. The SMILES string of the molecule is CN=C(NCCS(=O)C(C)(C)C)NC(C)c1cc(OC)ccc1OC. The molecule has 2 N–H and O–H groups in total. The third kappa shape index (κ3) is 6.57. The van der Waals surface area contributed by atoms with Crippen molar-refractivity contribution in [1.82, 2.24) is 10.6 Å². The second-order valence-electron chi connectivity index (χ2n) is 6.63. The van der Waals surface area contributed by atoms with E-state index in [4.69, 9.17) is 9.47 Å². The maximum absolute atomic E-state index is 12.1. The van der Waals surface area contributed by atoms with Crippen molar-refractivity contribution in [3.8, 4) is 11.5 Å². The Bertz CT molecular complexity index is 612. The zero-order chi connectivity index (χ0) is 19.0. The molecular weight excluding hydrogens is 338 g/mol. The number of methoxy groups -OCH3 is 2. The molecule has 6 nitrogen and oxygen atoms in total. The fourth-order valence-electron chi connectivity index (χ4n) is 2.22. The lowest BCUT2D eigenvalue weighted by atomic mass is 10.1. The predicted octanol–water partition coefficient (Wildman–Crippen LogP) is 2.48. The summed E-state index contributed by atoms with van der Waals surface area (Å²) >= 11 is 0. The average molecular weight is 370 g/mol. The summed E-state index contributed by atoms with van der Waals surface area (Å²) in [5.74, 6) is 2.78. The van der Waals surface area contributed by atoms with Gasteiger partial charge in [-0.05, 0) is 45.9 Å². The molecule has 0 amide bonds.